The summed E-state index contributed by atoms with van der Waals surface area (Å²) in [5, 5.41) is 0. The van der Waals surface area contributed by atoms with Crippen molar-refractivity contribution in [3.05, 3.63) is 76.9 Å². The molecule has 2 aromatic carbocycles. The highest BCUT2D eigenvalue weighted by Gasteiger charge is 2.34. The maximum absolute atomic E-state index is 12.7. The number of Topliss-reactive ketones (excluding diaryl/α,β-unsaturated/α-hetero) is 3. The number of rotatable bonds is 2. The Morgan fingerprint density at radius 2 is 1.29 bits per heavy atom. The van der Waals surface area contributed by atoms with Gasteiger partial charge in [0.2, 0.25) is 0 Å². The molecule has 0 aliphatic heterocycles. The van der Waals surface area contributed by atoms with Gasteiger partial charge in [0.05, 0.1) is 5.57 Å². The third kappa shape index (κ3) is 2.03. The molecule has 0 saturated carbocycles. The second-order valence-electron chi connectivity index (χ2n) is 4.88. The van der Waals surface area contributed by atoms with E-state index in [0.717, 1.165) is 0 Å². The number of benzene rings is 2. The van der Waals surface area contributed by atoms with E-state index >= 15 is 0 Å². The summed E-state index contributed by atoms with van der Waals surface area (Å²) in [5.74, 6) is -1.04. The van der Waals surface area contributed by atoms with Gasteiger partial charge >= 0.3 is 0 Å². The van der Waals surface area contributed by atoms with Gasteiger partial charge in [-0.05, 0) is 12.5 Å². The predicted octanol–water partition coefficient (Wildman–Crippen LogP) is 3.11. The molecule has 0 amide bonds. The highest BCUT2D eigenvalue weighted by Crippen LogP contribution is 2.32. The molecule has 0 radical (unpaired) electrons. The Labute approximate surface area is 121 Å². The molecule has 0 spiro atoms. The number of allylic oxidation sites excluding steroid dienone is 2. The van der Waals surface area contributed by atoms with Gasteiger partial charge in [-0.15, -0.1) is 0 Å². The van der Waals surface area contributed by atoms with E-state index in [-0.39, 0.29) is 28.5 Å². The Balaban J connectivity index is 2.33. The van der Waals surface area contributed by atoms with Gasteiger partial charge in [-0.25, -0.2) is 0 Å². The van der Waals surface area contributed by atoms with Gasteiger partial charge in [-0.2, -0.15) is 0 Å². The molecule has 1 aliphatic carbocycles. The molecule has 3 nitrogen and oxygen atoms in total. The molecule has 0 heterocycles. The normalized spacial score (nSPS) is 14.1. The second kappa shape index (κ2) is 4.94. The molecule has 1 aliphatic rings. The molecular weight excluding hydrogens is 264 g/mol. The summed E-state index contributed by atoms with van der Waals surface area (Å²) >= 11 is 0. The Hall–Kier alpha value is -2.81. The number of hydrogen-bond donors (Lipinski definition) is 0. The molecule has 0 aromatic heterocycles. The number of hydrogen-bond acceptors (Lipinski definition) is 3. The van der Waals surface area contributed by atoms with E-state index in [1.54, 1.807) is 48.5 Å². The topological polar surface area (TPSA) is 51.2 Å². The smallest absolute Gasteiger partial charge is 0.198 e. The van der Waals surface area contributed by atoms with Crippen LogP contribution in [0.1, 0.15) is 33.2 Å². The van der Waals surface area contributed by atoms with E-state index in [0.29, 0.717) is 16.7 Å². The van der Waals surface area contributed by atoms with E-state index in [1.807, 2.05) is 6.07 Å². The first-order valence-corrected chi connectivity index (χ1v) is 6.60. The van der Waals surface area contributed by atoms with Crippen LogP contribution in [0.4, 0.5) is 0 Å². The van der Waals surface area contributed by atoms with Crippen molar-refractivity contribution in [2.75, 3.05) is 0 Å². The van der Waals surface area contributed by atoms with E-state index in [1.165, 1.54) is 6.92 Å². The van der Waals surface area contributed by atoms with Crippen molar-refractivity contribution >= 4 is 22.9 Å². The average Bonchev–Trinajstić information content (AvgIpc) is 2.51. The molecule has 0 atom stereocenters. The van der Waals surface area contributed by atoms with Crippen molar-refractivity contribution in [2.24, 2.45) is 0 Å². The van der Waals surface area contributed by atoms with Crippen molar-refractivity contribution in [2.45, 2.75) is 6.92 Å². The SMILES string of the molecule is CC(=O)C1=C(c2ccccc2)C(=O)c2ccccc2C1=O. The monoisotopic (exact) mass is 276 g/mol. The fraction of sp³-hybridized carbons (Fsp3) is 0.0556. The molecule has 2 aromatic rings. The number of fused-ring (bicyclic) bond motifs is 1. The van der Waals surface area contributed by atoms with Crippen molar-refractivity contribution in [3.8, 4) is 0 Å². The summed E-state index contributed by atoms with van der Waals surface area (Å²) in [6.07, 6.45) is 0. The summed E-state index contributed by atoms with van der Waals surface area (Å²) in [6.45, 7) is 1.32. The minimum absolute atomic E-state index is 0.0232. The van der Waals surface area contributed by atoms with Gasteiger partial charge in [0.1, 0.15) is 0 Å². The summed E-state index contributed by atoms with van der Waals surface area (Å²) in [5.41, 5.74) is 1.42. The minimum Gasteiger partial charge on any atom is -0.294 e. The van der Waals surface area contributed by atoms with Crippen LogP contribution in [0.2, 0.25) is 0 Å². The Morgan fingerprint density at radius 3 is 1.86 bits per heavy atom. The minimum atomic E-state index is -0.387. The van der Waals surface area contributed by atoms with Crippen LogP contribution in [0, 0.1) is 0 Å². The lowest BCUT2D eigenvalue weighted by molar-refractivity contribution is -0.113. The zero-order valence-electron chi connectivity index (χ0n) is 11.4. The van der Waals surface area contributed by atoms with Crippen LogP contribution in [-0.4, -0.2) is 17.3 Å². The van der Waals surface area contributed by atoms with Gasteiger partial charge in [-0.3, -0.25) is 14.4 Å². The molecule has 0 unspecified atom stereocenters. The van der Waals surface area contributed by atoms with Crippen LogP contribution in [0.15, 0.2) is 60.2 Å². The Bertz CT molecular complexity index is 798. The molecular formula is C18H12O3. The first-order valence-electron chi connectivity index (χ1n) is 6.60. The zero-order valence-corrected chi connectivity index (χ0v) is 11.4. The first-order chi connectivity index (χ1) is 10.1. The summed E-state index contributed by atoms with van der Waals surface area (Å²) in [4.78, 5) is 37.2. The number of carbonyl (C=O) groups excluding carboxylic acids is 3. The van der Waals surface area contributed by atoms with Crippen molar-refractivity contribution in [1.29, 1.82) is 0 Å². The Morgan fingerprint density at radius 1 is 0.762 bits per heavy atom. The fourth-order valence-electron chi connectivity index (χ4n) is 2.59. The first kappa shape index (κ1) is 13.2. The molecule has 21 heavy (non-hydrogen) atoms. The summed E-state index contributed by atoms with van der Waals surface area (Å²) < 4.78 is 0. The number of ketones is 3. The van der Waals surface area contributed by atoms with E-state index in [9.17, 15) is 14.4 Å². The zero-order chi connectivity index (χ0) is 15.0. The van der Waals surface area contributed by atoms with Gasteiger partial charge in [0.15, 0.2) is 17.3 Å². The fourth-order valence-corrected chi connectivity index (χ4v) is 2.59. The average molecular weight is 276 g/mol. The van der Waals surface area contributed by atoms with Gasteiger partial charge in [0, 0.05) is 16.7 Å². The predicted molar refractivity (Wildman–Crippen MR) is 79.1 cm³/mol. The largest absolute Gasteiger partial charge is 0.294 e. The molecule has 3 heteroatoms. The number of carbonyl (C=O) groups is 3. The summed E-state index contributed by atoms with van der Waals surface area (Å²) in [6, 6.07) is 15.4. The molecule has 102 valence electrons. The lowest BCUT2D eigenvalue weighted by Gasteiger charge is -2.19. The van der Waals surface area contributed by atoms with Crippen LogP contribution in [-0.2, 0) is 4.79 Å². The standard InChI is InChI=1S/C18H12O3/c1-11(19)15-16(12-7-3-2-4-8-12)18(21)14-10-6-5-9-13(14)17(15)20/h2-10H,1H3. The second-order valence-corrected chi connectivity index (χ2v) is 4.88. The maximum Gasteiger partial charge on any atom is 0.198 e. The van der Waals surface area contributed by atoms with Crippen LogP contribution in [0.5, 0.6) is 0 Å². The molecule has 0 bridgehead atoms. The lowest BCUT2D eigenvalue weighted by Crippen LogP contribution is -2.24. The quantitative estimate of drug-likeness (QED) is 0.792. The van der Waals surface area contributed by atoms with Crippen molar-refractivity contribution in [1.82, 2.24) is 0 Å². The van der Waals surface area contributed by atoms with E-state index < -0.39 is 0 Å². The van der Waals surface area contributed by atoms with Gasteiger partial charge in [0.25, 0.3) is 0 Å². The highest BCUT2D eigenvalue weighted by atomic mass is 16.2. The van der Waals surface area contributed by atoms with Gasteiger partial charge < -0.3 is 0 Å². The Kier molecular flexibility index (Phi) is 3.10. The third-order valence-electron chi connectivity index (χ3n) is 3.53. The van der Waals surface area contributed by atoms with Crippen LogP contribution >= 0.6 is 0 Å². The van der Waals surface area contributed by atoms with Gasteiger partial charge in [-0.1, -0.05) is 54.6 Å². The third-order valence-corrected chi connectivity index (χ3v) is 3.53. The highest BCUT2D eigenvalue weighted by molar-refractivity contribution is 6.47. The van der Waals surface area contributed by atoms with Crippen molar-refractivity contribution < 1.29 is 14.4 Å². The van der Waals surface area contributed by atoms with E-state index in [4.69, 9.17) is 0 Å². The van der Waals surface area contributed by atoms with E-state index in [2.05, 4.69) is 0 Å². The molecule has 0 N–H and O–H groups in total. The maximum atomic E-state index is 12.7. The van der Waals surface area contributed by atoms with Crippen molar-refractivity contribution in [3.63, 3.8) is 0 Å². The van der Waals surface area contributed by atoms with Crippen LogP contribution in [0.3, 0.4) is 0 Å². The van der Waals surface area contributed by atoms with Crippen LogP contribution < -0.4 is 0 Å². The molecule has 3 rings (SSSR count). The summed E-state index contributed by atoms with van der Waals surface area (Å²) in [7, 11) is 0. The molecule has 0 saturated heterocycles. The molecule has 0 fully saturated rings. The van der Waals surface area contributed by atoms with Crippen LogP contribution in [0.25, 0.3) is 5.57 Å². The lowest BCUT2D eigenvalue weighted by atomic mass is 9.80.